The summed E-state index contributed by atoms with van der Waals surface area (Å²) in [6, 6.07) is 2.32. The van der Waals surface area contributed by atoms with Gasteiger partial charge in [0, 0.05) is 31.7 Å². The van der Waals surface area contributed by atoms with Crippen LogP contribution >= 0.6 is 0 Å². The Morgan fingerprint density at radius 1 is 1.35 bits per heavy atom. The molecule has 1 aliphatic heterocycles. The normalized spacial score (nSPS) is 16.8. The van der Waals surface area contributed by atoms with Gasteiger partial charge in [-0.05, 0) is 24.6 Å². The van der Waals surface area contributed by atoms with Crippen LogP contribution in [0.5, 0.6) is 0 Å². The summed E-state index contributed by atoms with van der Waals surface area (Å²) in [5.74, 6) is -1.04. The molecule has 128 valence electrons. The highest BCUT2D eigenvalue weighted by atomic mass is 19.1. The highest BCUT2D eigenvalue weighted by molar-refractivity contribution is 5.74. The van der Waals surface area contributed by atoms with Crippen molar-refractivity contribution in [3.63, 3.8) is 0 Å². The third kappa shape index (κ3) is 5.44. The highest BCUT2D eigenvalue weighted by Gasteiger charge is 2.17. The quantitative estimate of drug-likeness (QED) is 0.841. The number of nitrogens with one attached hydrogen (secondary N) is 2. The topological polar surface area (TPSA) is 53.6 Å². The van der Waals surface area contributed by atoms with Gasteiger partial charge < -0.3 is 15.4 Å². The maximum absolute atomic E-state index is 13.8. The van der Waals surface area contributed by atoms with Gasteiger partial charge in [0.25, 0.3) is 0 Å². The summed E-state index contributed by atoms with van der Waals surface area (Å²) >= 11 is 0. The molecule has 7 heteroatoms. The lowest BCUT2D eigenvalue weighted by atomic mass is 10.0. The fourth-order valence-corrected chi connectivity index (χ4v) is 2.54. The zero-order valence-electron chi connectivity index (χ0n) is 13.3. The third-order valence-corrected chi connectivity index (χ3v) is 3.86. The van der Waals surface area contributed by atoms with Crippen LogP contribution in [-0.2, 0) is 4.74 Å². The van der Waals surface area contributed by atoms with E-state index in [1.165, 1.54) is 0 Å². The van der Waals surface area contributed by atoms with Gasteiger partial charge >= 0.3 is 6.03 Å². The molecule has 2 N–H and O–H groups in total. The summed E-state index contributed by atoms with van der Waals surface area (Å²) in [6.07, 6.45) is 0.470. The minimum absolute atomic E-state index is 0.163. The Bertz CT molecular complexity index is 522. The van der Waals surface area contributed by atoms with E-state index in [0.717, 1.165) is 37.8 Å². The van der Waals surface area contributed by atoms with E-state index < -0.39 is 17.7 Å². The Morgan fingerprint density at radius 3 is 2.78 bits per heavy atom. The molecule has 0 radical (unpaired) electrons. The summed E-state index contributed by atoms with van der Waals surface area (Å²) in [5.41, 5.74) is 0.163. The van der Waals surface area contributed by atoms with Gasteiger partial charge in [-0.3, -0.25) is 4.90 Å². The largest absolute Gasteiger partial charge is 0.379 e. The third-order valence-electron chi connectivity index (χ3n) is 3.86. The van der Waals surface area contributed by atoms with Gasteiger partial charge in [0.15, 0.2) is 0 Å². The average molecular weight is 327 g/mol. The molecule has 0 aliphatic carbocycles. The molecule has 2 amide bonds. The second-order valence-electron chi connectivity index (χ2n) is 5.48. The number of hydrogen-bond donors (Lipinski definition) is 2. The maximum atomic E-state index is 13.8. The molecule has 0 spiro atoms. The number of carbonyl (C=O) groups excluding carboxylic acids is 1. The number of amides is 2. The first-order valence-electron chi connectivity index (χ1n) is 7.89. The first-order chi connectivity index (χ1) is 11.1. The van der Waals surface area contributed by atoms with E-state index in [-0.39, 0.29) is 11.6 Å². The van der Waals surface area contributed by atoms with E-state index in [2.05, 4.69) is 15.5 Å². The smallest absolute Gasteiger partial charge is 0.315 e. The van der Waals surface area contributed by atoms with Crippen molar-refractivity contribution in [2.75, 3.05) is 39.4 Å². The molecule has 0 aromatic heterocycles. The number of halogens is 2. The molecule has 1 atom stereocenters. The molecule has 23 heavy (non-hydrogen) atoms. The van der Waals surface area contributed by atoms with Crippen molar-refractivity contribution in [1.29, 1.82) is 0 Å². The van der Waals surface area contributed by atoms with E-state index in [0.29, 0.717) is 26.2 Å². The number of benzene rings is 1. The SMILES string of the molecule is CC[C@@H](NC(=O)NCCN1CCOCC1)c1cc(F)ccc1F. The van der Waals surface area contributed by atoms with Gasteiger partial charge in [0.1, 0.15) is 11.6 Å². The van der Waals surface area contributed by atoms with E-state index in [1.54, 1.807) is 0 Å². The monoisotopic (exact) mass is 327 g/mol. The summed E-state index contributed by atoms with van der Waals surface area (Å²) < 4.78 is 32.3. The van der Waals surface area contributed by atoms with E-state index in [4.69, 9.17) is 4.74 Å². The summed E-state index contributed by atoms with van der Waals surface area (Å²) in [6.45, 7) is 6.18. The Kier molecular flexibility index (Phi) is 6.73. The Morgan fingerprint density at radius 2 is 2.09 bits per heavy atom. The maximum Gasteiger partial charge on any atom is 0.315 e. The molecule has 1 saturated heterocycles. The molecule has 2 rings (SSSR count). The highest BCUT2D eigenvalue weighted by Crippen LogP contribution is 2.20. The Hall–Kier alpha value is -1.73. The van der Waals surface area contributed by atoms with Crippen molar-refractivity contribution < 1.29 is 18.3 Å². The van der Waals surface area contributed by atoms with Gasteiger partial charge in [0.2, 0.25) is 0 Å². The minimum Gasteiger partial charge on any atom is -0.379 e. The number of ether oxygens (including phenoxy) is 1. The zero-order chi connectivity index (χ0) is 16.7. The predicted octanol–water partition coefficient (Wildman–Crippen LogP) is 2.05. The first kappa shape index (κ1) is 17.6. The van der Waals surface area contributed by atoms with Gasteiger partial charge in [-0.15, -0.1) is 0 Å². The van der Waals surface area contributed by atoms with Crippen LogP contribution in [0.3, 0.4) is 0 Å². The summed E-state index contributed by atoms with van der Waals surface area (Å²) in [7, 11) is 0. The van der Waals surface area contributed by atoms with Crippen molar-refractivity contribution in [3.8, 4) is 0 Å². The second-order valence-corrected chi connectivity index (χ2v) is 5.48. The van der Waals surface area contributed by atoms with Crippen LogP contribution in [0.4, 0.5) is 13.6 Å². The predicted molar refractivity (Wildman–Crippen MR) is 83.2 cm³/mol. The average Bonchev–Trinajstić information content (AvgIpc) is 2.56. The lowest BCUT2D eigenvalue weighted by Crippen LogP contribution is -2.44. The molecule has 1 aromatic carbocycles. The number of urea groups is 1. The molecule has 0 saturated carbocycles. The summed E-state index contributed by atoms with van der Waals surface area (Å²) in [5, 5.41) is 5.44. The van der Waals surface area contributed by atoms with Crippen molar-refractivity contribution in [1.82, 2.24) is 15.5 Å². The van der Waals surface area contributed by atoms with E-state index in [9.17, 15) is 13.6 Å². The van der Waals surface area contributed by atoms with Crippen LogP contribution in [0.25, 0.3) is 0 Å². The fourth-order valence-electron chi connectivity index (χ4n) is 2.54. The Balaban J connectivity index is 1.81. The van der Waals surface area contributed by atoms with E-state index in [1.807, 2.05) is 6.92 Å². The minimum atomic E-state index is -0.561. The molecule has 5 nitrogen and oxygen atoms in total. The molecule has 1 aliphatic rings. The van der Waals surface area contributed by atoms with Crippen LogP contribution in [0.1, 0.15) is 24.9 Å². The van der Waals surface area contributed by atoms with Crippen LogP contribution in [-0.4, -0.2) is 50.3 Å². The van der Waals surface area contributed by atoms with Crippen LogP contribution < -0.4 is 10.6 Å². The van der Waals surface area contributed by atoms with Crippen LogP contribution in [0.15, 0.2) is 18.2 Å². The van der Waals surface area contributed by atoms with Crippen LogP contribution in [0, 0.1) is 11.6 Å². The molecule has 1 aromatic rings. The molecule has 0 bridgehead atoms. The Labute approximate surface area is 135 Å². The fraction of sp³-hybridized carbons (Fsp3) is 0.562. The van der Waals surface area contributed by atoms with Crippen LogP contribution in [0.2, 0.25) is 0 Å². The molecule has 1 fully saturated rings. The van der Waals surface area contributed by atoms with Gasteiger partial charge in [-0.1, -0.05) is 6.92 Å². The second kappa shape index (κ2) is 8.79. The lowest BCUT2D eigenvalue weighted by molar-refractivity contribution is 0.0387. The zero-order valence-corrected chi connectivity index (χ0v) is 13.3. The van der Waals surface area contributed by atoms with Gasteiger partial charge in [0.05, 0.1) is 19.3 Å². The number of nitrogens with zero attached hydrogens (tertiary/aromatic N) is 1. The molecular formula is C16H23F2N3O2. The lowest BCUT2D eigenvalue weighted by Gasteiger charge is -2.26. The first-order valence-corrected chi connectivity index (χ1v) is 7.89. The van der Waals surface area contributed by atoms with E-state index >= 15 is 0 Å². The van der Waals surface area contributed by atoms with Crippen molar-refractivity contribution in [2.24, 2.45) is 0 Å². The standard InChI is InChI=1S/C16H23F2N3O2/c1-2-15(13-11-12(17)3-4-14(13)18)20-16(22)19-5-6-21-7-9-23-10-8-21/h3-4,11,15H,2,5-10H2,1H3,(H2,19,20,22)/t15-/m1/s1. The molecule has 1 heterocycles. The molecular weight excluding hydrogens is 304 g/mol. The summed E-state index contributed by atoms with van der Waals surface area (Å²) in [4.78, 5) is 14.1. The van der Waals surface area contributed by atoms with Crippen molar-refractivity contribution in [3.05, 3.63) is 35.4 Å². The van der Waals surface area contributed by atoms with Gasteiger partial charge in [-0.25, -0.2) is 13.6 Å². The van der Waals surface area contributed by atoms with Gasteiger partial charge in [-0.2, -0.15) is 0 Å². The molecule has 0 unspecified atom stereocenters. The number of rotatable bonds is 6. The van der Waals surface area contributed by atoms with Crippen molar-refractivity contribution in [2.45, 2.75) is 19.4 Å². The number of carbonyl (C=O) groups is 1. The number of morpholine rings is 1. The number of hydrogen-bond acceptors (Lipinski definition) is 3. The van der Waals surface area contributed by atoms with Crippen molar-refractivity contribution >= 4 is 6.03 Å².